The molecule has 136 valence electrons. The number of carbonyl (C=O) groups is 2. The highest BCUT2D eigenvalue weighted by molar-refractivity contribution is 6.30. The molecule has 2 aromatic carbocycles. The van der Waals surface area contributed by atoms with Gasteiger partial charge in [0.2, 0.25) is 0 Å². The zero-order valence-corrected chi connectivity index (χ0v) is 15.5. The first-order valence-electron chi connectivity index (χ1n) is 8.27. The van der Waals surface area contributed by atoms with E-state index in [1.54, 1.807) is 56.3 Å². The molecular weight excluding hydrogens is 354 g/mol. The molecule has 0 aromatic heterocycles. The molecule has 5 nitrogen and oxygen atoms in total. The van der Waals surface area contributed by atoms with Gasteiger partial charge in [-0.25, -0.2) is 0 Å². The molecule has 3 rings (SSSR count). The van der Waals surface area contributed by atoms with E-state index in [0.29, 0.717) is 27.5 Å². The van der Waals surface area contributed by atoms with Crippen molar-refractivity contribution in [3.05, 3.63) is 64.2 Å². The van der Waals surface area contributed by atoms with Crippen LogP contribution in [0.15, 0.2) is 42.5 Å². The van der Waals surface area contributed by atoms with Crippen LogP contribution in [0.25, 0.3) is 0 Å². The number of aliphatic hydroxyl groups is 1. The second-order valence-corrected chi connectivity index (χ2v) is 7.36. The van der Waals surface area contributed by atoms with E-state index in [9.17, 15) is 14.7 Å². The third-order valence-electron chi connectivity index (χ3n) is 4.53. The van der Waals surface area contributed by atoms with Gasteiger partial charge in [0.25, 0.3) is 5.91 Å². The maximum atomic E-state index is 12.7. The summed E-state index contributed by atoms with van der Waals surface area (Å²) in [6, 6.07) is 10.9. The molecule has 26 heavy (non-hydrogen) atoms. The third-order valence-corrected chi connectivity index (χ3v) is 4.76. The van der Waals surface area contributed by atoms with Crippen molar-refractivity contribution in [3.8, 4) is 5.75 Å². The minimum atomic E-state index is -1.000. The quantitative estimate of drug-likeness (QED) is 0.807. The summed E-state index contributed by atoms with van der Waals surface area (Å²) < 4.78 is 5.87. The predicted octanol–water partition coefficient (Wildman–Crippen LogP) is 3.55. The number of hydrogen-bond acceptors (Lipinski definition) is 4. The standard InChI is InChI=1S/C20H20ClNO4/c1-11(23)12-7-8-16-15(10-12)17(18(24)20(2,3)26-16)22-19(25)13-5-4-6-14(21)9-13/h4-10,17-18,24H,1-3H3,(H,22,25)/t17-,18-/m0/s1. The third kappa shape index (κ3) is 3.45. The lowest BCUT2D eigenvalue weighted by Crippen LogP contribution is -2.53. The van der Waals surface area contributed by atoms with Crippen molar-refractivity contribution in [2.45, 2.75) is 38.5 Å². The zero-order valence-electron chi connectivity index (χ0n) is 14.7. The number of rotatable bonds is 3. The molecule has 1 heterocycles. The van der Waals surface area contributed by atoms with E-state index in [1.165, 1.54) is 6.92 Å². The summed E-state index contributed by atoms with van der Waals surface area (Å²) in [4.78, 5) is 24.4. The van der Waals surface area contributed by atoms with Gasteiger partial charge in [0, 0.05) is 21.7 Å². The maximum absolute atomic E-state index is 12.7. The summed E-state index contributed by atoms with van der Waals surface area (Å²) in [5, 5.41) is 14.1. The number of Topliss-reactive ketones (excluding diaryl/α,β-unsaturated/α-hetero) is 1. The molecule has 1 aliphatic heterocycles. The average molecular weight is 374 g/mol. The Hall–Kier alpha value is -2.37. The molecule has 0 aliphatic carbocycles. The fourth-order valence-corrected chi connectivity index (χ4v) is 3.22. The molecule has 0 spiro atoms. The van der Waals surface area contributed by atoms with Crippen molar-refractivity contribution >= 4 is 23.3 Å². The van der Waals surface area contributed by atoms with Gasteiger partial charge in [0.15, 0.2) is 5.78 Å². The van der Waals surface area contributed by atoms with Crippen LogP contribution < -0.4 is 10.1 Å². The molecule has 0 saturated carbocycles. The van der Waals surface area contributed by atoms with Gasteiger partial charge in [0.05, 0.1) is 6.04 Å². The Balaban J connectivity index is 2.00. The van der Waals surface area contributed by atoms with Crippen molar-refractivity contribution < 1.29 is 19.4 Å². The minimum absolute atomic E-state index is 0.105. The van der Waals surface area contributed by atoms with Gasteiger partial charge < -0.3 is 15.2 Å². The van der Waals surface area contributed by atoms with Crippen LogP contribution in [0.5, 0.6) is 5.75 Å². The van der Waals surface area contributed by atoms with E-state index >= 15 is 0 Å². The Labute approximate surface area is 156 Å². The summed E-state index contributed by atoms with van der Waals surface area (Å²) in [7, 11) is 0. The molecule has 0 unspecified atom stereocenters. The van der Waals surface area contributed by atoms with Crippen LogP contribution in [0.1, 0.15) is 53.1 Å². The molecule has 0 saturated heterocycles. The first kappa shape index (κ1) is 18.4. The summed E-state index contributed by atoms with van der Waals surface area (Å²) in [6.07, 6.45) is -1.000. The van der Waals surface area contributed by atoms with E-state index in [-0.39, 0.29) is 11.7 Å². The Morgan fingerprint density at radius 1 is 1.15 bits per heavy atom. The number of benzene rings is 2. The molecule has 0 radical (unpaired) electrons. The number of hydrogen-bond donors (Lipinski definition) is 2. The number of ketones is 1. The summed E-state index contributed by atoms with van der Waals surface area (Å²) in [5.74, 6) is 0.0576. The second kappa shape index (κ2) is 6.74. The van der Waals surface area contributed by atoms with Gasteiger partial charge in [-0.2, -0.15) is 0 Å². The van der Waals surface area contributed by atoms with Gasteiger partial charge in [-0.15, -0.1) is 0 Å². The monoisotopic (exact) mass is 373 g/mol. The number of amides is 1. The fourth-order valence-electron chi connectivity index (χ4n) is 3.03. The highest BCUT2D eigenvalue weighted by atomic mass is 35.5. The summed E-state index contributed by atoms with van der Waals surface area (Å²) in [6.45, 7) is 4.96. The van der Waals surface area contributed by atoms with Crippen molar-refractivity contribution in [3.63, 3.8) is 0 Å². The molecular formula is C20H20ClNO4. The van der Waals surface area contributed by atoms with E-state index in [4.69, 9.17) is 16.3 Å². The number of carbonyl (C=O) groups excluding carboxylic acids is 2. The highest BCUT2D eigenvalue weighted by Crippen LogP contribution is 2.40. The maximum Gasteiger partial charge on any atom is 0.251 e. The Morgan fingerprint density at radius 3 is 2.54 bits per heavy atom. The molecule has 2 N–H and O–H groups in total. The van der Waals surface area contributed by atoms with E-state index in [0.717, 1.165) is 0 Å². The van der Waals surface area contributed by atoms with Crippen LogP contribution in [0.2, 0.25) is 5.02 Å². The molecule has 1 amide bonds. The van der Waals surface area contributed by atoms with E-state index in [2.05, 4.69) is 5.32 Å². The van der Waals surface area contributed by atoms with Gasteiger partial charge in [0.1, 0.15) is 17.5 Å². The first-order valence-corrected chi connectivity index (χ1v) is 8.65. The van der Waals surface area contributed by atoms with Crippen LogP contribution >= 0.6 is 11.6 Å². The summed E-state index contributed by atoms with van der Waals surface area (Å²) >= 11 is 5.96. The SMILES string of the molecule is CC(=O)c1ccc2c(c1)[C@H](NC(=O)c1cccc(Cl)c1)[C@H](O)C(C)(C)O2. The first-order chi connectivity index (χ1) is 12.2. The summed E-state index contributed by atoms with van der Waals surface area (Å²) in [5.41, 5.74) is 0.538. The van der Waals surface area contributed by atoms with Crippen molar-refractivity contribution in [1.82, 2.24) is 5.32 Å². The van der Waals surface area contributed by atoms with Crippen LogP contribution in [-0.4, -0.2) is 28.5 Å². The molecule has 0 bridgehead atoms. The van der Waals surface area contributed by atoms with Crippen LogP contribution in [0.3, 0.4) is 0 Å². The van der Waals surface area contributed by atoms with Crippen molar-refractivity contribution in [1.29, 1.82) is 0 Å². The predicted molar refractivity (Wildman–Crippen MR) is 98.8 cm³/mol. The highest BCUT2D eigenvalue weighted by Gasteiger charge is 2.43. The average Bonchev–Trinajstić information content (AvgIpc) is 2.58. The lowest BCUT2D eigenvalue weighted by atomic mass is 9.85. The van der Waals surface area contributed by atoms with Crippen LogP contribution in [0, 0.1) is 0 Å². The zero-order chi connectivity index (χ0) is 19.1. The smallest absolute Gasteiger partial charge is 0.251 e. The number of aliphatic hydroxyl groups excluding tert-OH is 1. The minimum Gasteiger partial charge on any atom is -0.485 e. The topological polar surface area (TPSA) is 75.6 Å². The molecule has 2 atom stereocenters. The fraction of sp³-hybridized carbons (Fsp3) is 0.300. The number of ether oxygens (including phenoxy) is 1. The molecule has 0 fully saturated rings. The lowest BCUT2D eigenvalue weighted by Gasteiger charge is -2.42. The largest absolute Gasteiger partial charge is 0.485 e. The molecule has 2 aromatic rings. The van der Waals surface area contributed by atoms with Gasteiger partial charge >= 0.3 is 0 Å². The van der Waals surface area contributed by atoms with E-state index in [1.807, 2.05) is 0 Å². The Kier molecular flexibility index (Phi) is 4.78. The number of halogens is 1. The molecule has 6 heteroatoms. The number of fused-ring (bicyclic) bond motifs is 1. The van der Waals surface area contributed by atoms with Gasteiger partial charge in [-0.3, -0.25) is 9.59 Å². The van der Waals surface area contributed by atoms with E-state index < -0.39 is 17.7 Å². The molecule has 1 aliphatic rings. The van der Waals surface area contributed by atoms with Crippen LogP contribution in [0.4, 0.5) is 0 Å². The Bertz CT molecular complexity index is 878. The second-order valence-electron chi connectivity index (χ2n) is 6.92. The van der Waals surface area contributed by atoms with Gasteiger partial charge in [-0.05, 0) is 57.2 Å². The van der Waals surface area contributed by atoms with Crippen LogP contribution in [-0.2, 0) is 0 Å². The number of nitrogens with one attached hydrogen (secondary N) is 1. The Morgan fingerprint density at radius 2 is 1.88 bits per heavy atom. The lowest BCUT2D eigenvalue weighted by molar-refractivity contribution is -0.0627. The van der Waals surface area contributed by atoms with Crippen molar-refractivity contribution in [2.24, 2.45) is 0 Å². The van der Waals surface area contributed by atoms with Gasteiger partial charge in [-0.1, -0.05) is 17.7 Å². The van der Waals surface area contributed by atoms with Crippen molar-refractivity contribution in [2.75, 3.05) is 0 Å². The normalized spacial score (nSPS) is 20.7.